The first-order valence-electron chi connectivity index (χ1n) is 8.11. The molecule has 3 aromatic rings. The normalized spacial score (nSPS) is 10.5. The average Bonchev–Trinajstić information content (AvgIpc) is 3.03. The molecule has 0 spiro atoms. The number of hydrogen-bond acceptors (Lipinski definition) is 4. The van der Waals surface area contributed by atoms with Crippen molar-refractivity contribution >= 4 is 11.6 Å². The van der Waals surface area contributed by atoms with E-state index in [2.05, 4.69) is 10.3 Å². The Balaban J connectivity index is 1.95. The summed E-state index contributed by atoms with van der Waals surface area (Å²) in [4.78, 5) is 14.4. The number of ether oxygens (including phenoxy) is 1. The number of rotatable bonds is 5. The number of amides is 1. The SMILES string of the molecule is CCOc1ccccc1-n1nnc(C(=O)N(C)c2ccccc2)c1C. The molecular formula is C19H20N4O2. The second-order valence-corrected chi connectivity index (χ2v) is 5.54. The van der Waals surface area contributed by atoms with Gasteiger partial charge >= 0.3 is 0 Å². The number of hydrogen-bond donors (Lipinski definition) is 0. The van der Waals surface area contributed by atoms with Gasteiger partial charge in [-0.15, -0.1) is 5.10 Å². The predicted molar refractivity (Wildman–Crippen MR) is 96.4 cm³/mol. The third kappa shape index (κ3) is 3.24. The lowest BCUT2D eigenvalue weighted by molar-refractivity contribution is 0.0987. The topological polar surface area (TPSA) is 60.2 Å². The molecule has 0 radical (unpaired) electrons. The van der Waals surface area contributed by atoms with Gasteiger partial charge in [-0.3, -0.25) is 4.79 Å². The second-order valence-electron chi connectivity index (χ2n) is 5.54. The zero-order chi connectivity index (χ0) is 17.8. The van der Waals surface area contributed by atoms with Crippen LogP contribution in [0.25, 0.3) is 5.69 Å². The van der Waals surface area contributed by atoms with E-state index < -0.39 is 0 Å². The minimum absolute atomic E-state index is 0.205. The van der Waals surface area contributed by atoms with Crippen LogP contribution < -0.4 is 9.64 Å². The maximum Gasteiger partial charge on any atom is 0.280 e. The zero-order valence-electron chi connectivity index (χ0n) is 14.5. The Hall–Kier alpha value is -3.15. The number of aromatic nitrogens is 3. The summed E-state index contributed by atoms with van der Waals surface area (Å²) < 4.78 is 7.28. The molecule has 6 heteroatoms. The number of para-hydroxylation sites is 3. The number of anilines is 1. The first kappa shape index (κ1) is 16.7. The fourth-order valence-electron chi connectivity index (χ4n) is 2.59. The minimum Gasteiger partial charge on any atom is -0.492 e. The lowest BCUT2D eigenvalue weighted by atomic mass is 10.2. The highest BCUT2D eigenvalue weighted by Crippen LogP contribution is 2.24. The third-order valence-electron chi connectivity index (χ3n) is 3.94. The summed E-state index contributed by atoms with van der Waals surface area (Å²) in [7, 11) is 1.73. The van der Waals surface area contributed by atoms with Crippen LogP contribution in [0.4, 0.5) is 5.69 Å². The average molecular weight is 336 g/mol. The molecule has 1 aromatic heterocycles. The lowest BCUT2D eigenvalue weighted by Crippen LogP contribution is -2.27. The van der Waals surface area contributed by atoms with E-state index in [4.69, 9.17) is 4.74 Å². The van der Waals surface area contributed by atoms with Crippen molar-refractivity contribution in [2.45, 2.75) is 13.8 Å². The number of carbonyl (C=O) groups is 1. The molecule has 128 valence electrons. The monoisotopic (exact) mass is 336 g/mol. The van der Waals surface area contributed by atoms with E-state index in [9.17, 15) is 4.79 Å². The molecule has 6 nitrogen and oxygen atoms in total. The van der Waals surface area contributed by atoms with Crippen LogP contribution in [0.5, 0.6) is 5.75 Å². The Morgan fingerprint density at radius 1 is 1.12 bits per heavy atom. The molecule has 0 bridgehead atoms. The van der Waals surface area contributed by atoms with Gasteiger partial charge in [-0.1, -0.05) is 35.5 Å². The van der Waals surface area contributed by atoms with Crippen LogP contribution in [0.15, 0.2) is 54.6 Å². The van der Waals surface area contributed by atoms with Crippen LogP contribution >= 0.6 is 0 Å². The summed E-state index contributed by atoms with van der Waals surface area (Å²) in [5.41, 5.74) is 2.55. The van der Waals surface area contributed by atoms with Gasteiger partial charge in [0, 0.05) is 12.7 Å². The Bertz CT molecular complexity index is 874. The summed E-state index contributed by atoms with van der Waals surface area (Å²) in [6.07, 6.45) is 0. The zero-order valence-corrected chi connectivity index (χ0v) is 14.5. The van der Waals surface area contributed by atoms with Crippen molar-refractivity contribution in [1.82, 2.24) is 15.0 Å². The van der Waals surface area contributed by atoms with Crippen LogP contribution in [0.1, 0.15) is 23.1 Å². The maximum atomic E-state index is 12.8. The molecule has 0 N–H and O–H groups in total. The van der Waals surface area contributed by atoms with Gasteiger partial charge in [0.05, 0.1) is 12.3 Å². The van der Waals surface area contributed by atoms with Crippen LogP contribution in [-0.4, -0.2) is 34.6 Å². The molecule has 0 aliphatic rings. The van der Waals surface area contributed by atoms with Gasteiger partial charge in [-0.25, -0.2) is 4.68 Å². The summed E-state index contributed by atoms with van der Waals surface area (Å²) in [5.74, 6) is 0.497. The van der Waals surface area contributed by atoms with E-state index in [1.165, 1.54) is 0 Å². The molecule has 0 fully saturated rings. The molecule has 1 heterocycles. The summed E-state index contributed by atoms with van der Waals surface area (Å²) in [6.45, 7) is 4.30. The van der Waals surface area contributed by atoms with Crippen molar-refractivity contribution in [1.29, 1.82) is 0 Å². The molecule has 0 saturated carbocycles. The number of carbonyl (C=O) groups excluding carboxylic acids is 1. The summed E-state index contributed by atoms with van der Waals surface area (Å²) >= 11 is 0. The van der Waals surface area contributed by atoms with Crippen molar-refractivity contribution in [3.05, 3.63) is 66.0 Å². The van der Waals surface area contributed by atoms with E-state index >= 15 is 0 Å². The predicted octanol–water partition coefficient (Wildman–Crippen LogP) is 3.25. The summed E-state index contributed by atoms with van der Waals surface area (Å²) in [6, 6.07) is 17.0. The van der Waals surface area contributed by atoms with Crippen LogP contribution in [0, 0.1) is 6.92 Å². The van der Waals surface area contributed by atoms with E-state index in [0.717, 1.165) is 11.4 Å². The molecular weight excluding hydrogens is 316 g/mol. The highest BCUT2D eigenvalue weighted by Gasteiger charge is 2.22. The quantitative estimate of drug-likeness (QED) is 0.717. The molecule has 0 aliphatic carbocycles. The first-order valence-corrected chi connectivity index (χ1v) is 8.11. The fraction of sp³-hybridized carbons (Fsp3) is 0.211. The van der Waals surface area contributed by atoms with E-state index in [-0.39, 0.29) is 5.91 Å². The Morgan fingerprint density at radius 2 is 1.80 bits per heavy atom. The third-order valence-corrected chi connectivity index (χ3v) is 3.94. The van der Waals surface area contributed by atoms with E-state index in [1.807, 2.05) is 68.4 Å². The van der Waals surface area contributed by atoms with Gasteiger partial charge in [0.15, 0.2) is 5.69 Å². The smallest absolute Gasteiger partial charge is 0.280 e. The standard InChI is InChI=1S/C19H20N4O2/c1-4-25-17-13-9-8-12-16(17)23-14(2)18(20-21-23)19(24)22(3)15-10-6-5-7-11-15/h5-13H,4H2,1-3H3. The highest BCUT2D eigenvalue weighted by atomic mass is 16.5. The number of nitrogens with zero attached hydrogens (tertiary/aromatic N) is 4. The maximum absolute atomic E-state index is 12.8. The largest absolute Gasteiger partial charge is 0.492 e. The van der Waals surface area contributed by atoms with Gasteiger partial charge in [-0.05, 0) is 38.1 Å². The molecule has 25 heavy (non-hydrogen) atoms. The molecule has 0 saturated heterocycles. The summed E-state index contributed by atoms with van der Waals surface area (Å²) in [5, 5.41) is 8.27. The molecule has 3 rings (SSSR count). The van der Waals surface area contributed by atoms with Gasteiger partial charge in [0.25, 0.3) is 5.91 Å². The van der Waals surface area contributed by atoms with Gasteiger partial charge in [-0.2, -0.15) is 0 Å². The second kappa shape index (κ2) is 7.17. The van der Waals surface area contributed by atoms with Crippen LogP contribution in [0.3, 0.4) is 0 Å². The van der Waals surface area contributed by atoms with Crippen molar-refractivity contribution in [3.8, 4) is 11.4 Å². The number of benzene rings is 2. The molecule has 2 aromatic carbocycles. The van der Waals surface area contributed by atoms with Crippen molar-refractivity contribution in [2.75, 3.05) is 18.6 Å². The fourth-order valence-corrected chi connectivity index (χ4v) is 2.59. The van der Waals surface area contributed by atoms with Crippen molar-refractivity contribution in [2.24, 2.45) is 0 Å². The molecule has 0 atom stereocenters. The highest BCUT2D eigenvalue weighted by molar-refractivity contribution is 6.05. The molecule has 0 unspecified atom stereocenters. The Kier molecular flexibility index (Phi) is 4.79. The van der Waals surface area contributed by atoms with Gasteiger partial charge in [0.1, 0.15) is 11.4 Å². The Morgan fingerprint density at radius 3 is 2.52 bits per heavy atom. The van der Waals surface area contributed by atoms with Gasteiger partial charge < -0.3 is 9.64 Å². The van der Waals surface area contributed by atoms with Crippen LogP contribution in [-0.2, 0) is 0 Å². The molecule has 1 amide bonds. The van der Waals surface area contributed by atoms with Crippen molar-refractivity contribution < 1.29 is 9.53 Å². The minimum atomic E-state index is -0.205. The van der Waals surface area contributed by atoms with Gasteiger partial charge in [0.2, 0.25) is 0 Å². The van der Waals surface area contributed by atoms with Crippen LogP contribution in [0.2, 0.25) is 0 Å². The Labute approximate surface area is 146 Å². The van der Waals surface area contributed by atoms with Crippen molar-refractivity contribution in [3.63, 3.8) is 0 Å². The molecule has 0 aliphatic heterocycles. The van der Waals surface area contributed by atoms with E-state index in [1.54, 1.807) is 16.6 Å². The first-order chi connectivity index (χ1) is 12.1. The van der Waals surface area contributed by atoms with E-state index in [0.29, 0.717) is 23.7 Å². The lowest BCUT2D eigenvalue weighted by Gasteiger charge is -2.16.